The second-order valence-corrected chi connectivity index (χ2v) is 4.27. The van der Waals surface area contributed by atoms with Crippen molar-refractivity contribution in [3.05, 3.63) is 0 Å². The molecule has 90 valence electrons. The number of carbonyl (C=O) groups is 1. The lowest BCUT2D eigenvalue weighted by atomic mass is 10.1. The van der Waals surface area contributed by atoms with E-state index in [1.165, 1.54) is 18.5 Å². The Bertz CT molecular complexity index is 223. The predicted molar refractivity (Wildman–Crippen MR) is 55.7 cm³/mol. The van der Waals surface area contributed by atoms with Crippen molar-refractivity contribution in [3.63, 3.8) is 0 Å². The van der Waals surface area contributed by atoms with E-state index in [9.17, 15) is 9.00 Å². The van der Waals surface area contributed by atoms with E-state index in [4.69, 9.17) is 14.4 Å². The van der Waals surface area contributed by atoms with E-state index in [1.54, 1.807) is 0 Å². The lowest BCUT2D eigenvalue weighted by Crippen LogP contribution is -2.31. The van der Waals surface area contributed by atoms with Crippen molar-refractivity contribution < 1.29 is 23.4 Å². The predicted octanol–water partition coefficient (Wildman–Crippen LogP) is 0.325. The van der Waals surface area contributed by atoms with E-state index < -0.39 is 17.2 Å². The maximum atomic E-state index is 10.6. The summed E-state index contributed by atoms with van der Waals surface area (Å²) in [7, 11) is 3.00. The van der Waals surface area contributed by atoms with Crippen LogP contribution in [0, 0.1) is 0 Å². The topological polar surface area (TPSA) is 87.1 Å². The van der Waals surface area contributed by atoms with Crippen LogP contribution in [-0.4, -0.2) is 50.9 Å². The summed E-state index contributed by atoms with van der Waals surface area (Å²) in [5.74, 6) is -0.844. The maximum Gasteiger partial charge on any atom is 0.303 e. The first-order valence-electron chi connectivity index (χ1n) is 4.54. The third-order valence-corrected chi connectivity index (χ3v) is 2.66. The maximum absolute atomic E-state index is 10.6. The van der Waals surface area contributed by atoms with Crippen LogP contribution in [0.5, 0.6) is 0 Å². The molecule has 0 amide bonds. The Hall–Kier alpha value is -0.500. The molecular weight excluding hydrogens is 222 g/mol. The zero-order valence-electron chi connectivity index (χ0n) is 8.88. The number of methoxy groups -OCH3 is 1. The zero-order chi connectivity index (χ0) is 11.8. The summed E-state index contributed by atoms with van der Waals surface area (Å²) < 4.78 is 25.7. The van der Waals surface area contributed by atoms with Gasteiger partial charge in [0.05, 0.1) is 6.10 Å². The molecule has 0 saturated carbocycles. The summed E-state index contributed by atoms with van der Waals surface area (Å²) in [4.78, 5) is 10.3. The molecule has 0 aliphatic carbocycles. The van der Waals surface area contributed by atoms with Gasteiger partial charge in [-0.15, -0.1) is 0 Å². The molecule has 7 heteroatoms. The number of carboxylic acids is 1. The molecule has 15 heavy (non-hydrogen) atoms. The van der Waals surface area contributed by atoms with Crippen molar-refractivity contribution in [2.75, 3.05) is 20.7 Å². The van der Waals surface area contributed by atoms with Crippen molar-refractivity contribution in [3.8, 4) is 0 Å². The van der Waals surface area contributed by atoms with Gasteiger partial charge in [0.15, 0.2) is 0 Å². The summed E-state index contributed by atoms with van der Waals surface area (Å²) >= 11 is -2.01. The van der Waals surface area contributed by atoms with Crippen LogP contribution in [0.3, 0.4) is 0 Å². The molecule has 0 rings (SSSR count). The van der Waals surface area contributed by atoms with Crippen LogP contribution in [0.25, 0.3) is 0 Å². The molecule has 1 unspecified atom stereocenters. The van der Waals surface area contributed by atoms with Gasteiger partial charge in [-0.3, -0.25) is 9.35 Å². The highest BCUT2D eigenvalue weighted by Crippen LogP contribution is 2.06. The van der Waals surface area contributed by atoms with E-state index in [0.717, 1.165) is 0 Å². The molecule has 0 aromatic heterocycles. The van der Waals surface area contributed by atoms with Crippen molar-refractivity contribution in [2.24, 2.45) is 0 Å². The van der Waals surface area contributed by atoms with Crippen molar-refractivity contribution in [1.29, 1.82) is 0 Å². The molecule has 0 aromatic rings. The van der Waals surface area contributed by atoms with Gasteiger partial charge in [0.2, 0.25) is 11.3 Å². The van der Waals surface area contributed by atoms with Crippen molar-refractivity contribution in [2.45, 2.75) is 25.4 Å². The number of hydrogen-bond donors (Lipinski definition) is 2. The average Bonchev–Trinajstić information content (AvgIpc) is 2.15. The highest BCUT2D eigenvalue weighted by atomic mass is 32.2. The van der Waals surface area contributed by atoms with Gasteiger partial charge >= 0.3 is 5.97 Å². The van der Waals surface area contributed by atoms with E-state index in [-0.39, 0.29) is 12.5 Å². The molecule has 0 fully saturated rings. The Morgan fingerprint density at radius 2 is 2.20 bits per heavy atom. The second kappa shape index (κ2) is 7.75. The second-order valence-electron chi connectivity index (χ2n) is 3.18. The van der Waals surface area contributed by atoms with Crippen LogP contribution in [0.15, 0.2) is 0 Å². The lowest BCUT2D eigenvalue weighted by molar-refractivity contribution is -0.137. The van der Waals surface area contributed by atoms with E-state index in [2.05, 4.69) is 0 Å². The average molecular weight is 239 g/mol. The highest BCUT2D eigenvalue weighted by molar-refractivity contribution is 7.76. The molecule has 0 saturated heterocycles. The lowest BCUT2D eigenvalue weighted by Gasteiger charge is -2.19. The minimum Gasteiger partial charge on any atom is -0.481 e. The number of likely N-dealkylation sites (N-methyl/N-ethyl adjacent to an activating group) is 1. The number of aliphatic carboxylic acids is 1. The number of hydrogen-bond acceptors (Lipinski definition) is 3. The van der Waals surface area contributed by atoms with Gasteiger partial charge in [-0.2, -0.15) is 0 Å². The van der Waals surface area contributed by atoms with Gasteiger partial charge in [0.1, 0.15) is 0 Å². The Balaban J connectivity index is 3.82. The SMILES string of the molecule is CO[C@@H](CCCC(=O)O)CN(C)S(=O)O. The summed E-state index contributed by atoms with van der Waals surface area (Å²) in [6.45, 7) is 0.305. The van der Waals surface area contributed by atoms with Crippen molar-refractivity contribution >= 4 is 17.2 Å². The highest BCUT2D eigenvalue weighted by Gasteiger charge is 2.14. The van der Waals surface area contributed by atoms with Gasteiger partial charge in [-0.05, 0) is 12.8 Å². The normalized spacial score (nSPS) is 15.2. The molecule has 0 aliphatic rings. The summed E-state index contributed by atoms with van der Waals surface area (Å²) in [5.41, 5.74) is 0. The van der Waals surface area contributed by atoms with Gasteiger partial charge in [0.25, 0.3) is 0 Å². The van der Waals surface area contributed by atoms with Crippen LogP contribution in [0.1, 0.15) is 19.3 Å². The fourth-order valence-electron chi connectivity index (χ4n) is 1.12. The largest absolute Gasteiger partial charge is 0.481 e. The molecule has 0 spiro atoms. The Kier molecular flexibility index (Phi) is 7.49. The number of nitrogens with zero attached hydrogens (tertiary/aromatic N) is 1. The molecular formula is C8H17NO5S. The minimum absolute atomic E-state index is 0.0891. The first kappa shape index (κ1) is 14.5. The monoisotopic (exact) mass is 239 g/mol. The smallest absolute Gasteiger partial charge is 0.303 e. The van der Waals surface area contributed by atoms with Gasteiger partial charge in [-0.1, -0.05) is 0 Å². The Labute approximate surface area is 91.6 Å². The minimum atomic E-state index is -2.01. The van der Waals surface area contributed by atoms with Crippen LogP contribution in [-0.2, 0) is 20.8 Å². The van der Waals surface area contributed by atoms with Crippen LogP contribution in [0.4, 0.5) is 0 Å². The third kappa shape index (κ3) is 7.43. The fourth-order valence-corrected chi connectivity index (χ4v) is 1.41. The van der Waals surface area contributed by atoms with E-state index >= 15 is 0 Å². The summed E-state index contributed by atoms with van der Waals surface area (Å²) in [5, 5.41) is 8.43. The Morgan fingerprint density at radius 1 is 1.60 bits per heavy atom. The van der Waals surface area contributed by atoms with E-state index in [1.807, 2.05) is 0 Å². The molecule has 0 bridgehead atoms. The molecule has 2 atom stereocenters. The molecule has 0 aromatic carbocycles. The van der Waals surface area contributed by atoms with E-state index in [0.29, 0.717) is 19.4 Å². The first-order valence-corrected chi connectivity index (χ1v) is 5.60. The molecule has 6 nitrogen and oxygen atoms in total. The molecule has 0 heterocycles. The number of ether oxygens (including phenoxy) is 1. The molecule has 0 aliphatic heterocycles. The van der Waals surface area contributed by atoms with Crippen LogP contribution in [0.2, 0.25) is 0 Å². The number of carboxylic acid groups (broad SMARTS) is 1. The third-order valence-electron chi connectivity index (χ3n) is 1.98. The molecule has 2 N–H and O–H groups in total. The van der Waals surface area contributed by atoms with Gasteiger partial charge in [-0.25, -0.2) is 8.51 Å². The van der Waals surface area contributed by atoms with Gasteiger partial charge < -0.3 is 9.84 Å². The molecule has 0 radical (unpaired) electrons. The van der Waals surface area contributed by atoms with Crippen molar-refractivity contribution in [1.82, 2.24) is 4.31 Å². The van der Waals surface area contributed by atoms with Crippen LogP contribution < -0.4 is 0 Å². The van der Waals surface area contributed by atoms with Crippen LogP contribution >= 0.6 is 0 Å². The Morgan fingerprint density at radius 3 is 2.60 bits per heavy atom. The summed E-state index contributed by atoms with van der Waals surface area (Å²) in [6, 6.07) is 0. The fraction of sp³-hybridized carbons (Fsp3) is 0.875. The zero-order valence-corrected chi connectivity index (χ0v) is 9.70. The number of rotatable bonds is 8. The first-order chi connectivity index (χ1) is 6.97. The summed E-state index contributed by atoms with van der Waals surface area (Å²) in [6.07, 6.45) is 0.932. The standard InChI is InChI=1S/C8H17NO5S/c1-9(15(12)13)6-7(14-2)4-3-5-8(10)11/h7H,3-6H2,1-2H3,(H,10,11)(H,12,13)/t7-/m0/s1. The quantitative estimate of drug-likeness (QED) is 0.596. The van der Waals surface area contributed by atoms with Gasteiger partial charge in [0, 0.05) is 27.1 Å².